The molecule has 1 atom stereocenters. The van der Waals surface area contributed by atoms with E-state index < -0.39 is 0 Å². The van der Waals surface area contributed by atoms with E-state index in [4.69, 9.17) is 9.47 Å². The highest BCUT2D eigenvalue weighted by atomic mass is 16.7. The van der Waals surface area contributed by atoms with Gasteiger partial charge in [-0.25, -0.2) is 0 Å². The van der Waals surface area contributed by atoms with Crippen LogP contribution in [0.4, 0.5) is 0 Å². The molecule has 74 valence electrons. The lowest BCUT2D eigenvalue weighted by Gasteiger charge is -2.23. The van der Waals surface area contributed by atoms with Crippen LogP contribution in [0.15, 0.2) is 0 Å². The van der Waals surface area contributed by atoms with Gasteiger partial charge in [0.05, 0.1) is 0 Å². The van der Waals surface area contributed by atoms with E-state index in [9.17, 15) is 0 Å². The van der Waals surface area contributed by atoms with Gasteiger partial charge in [0.25, 0.3) is 0 Å². The number of unbranched alkanes of at least 4 members (excludes halogenated alkanes) is 1. The van der Waals surface area contributed by atoms with Crippen LogP contribution in [-0.2, 0) is 9.47 Å². The molecule has 0 rings (SSSR count). The largest absolute Gasteiger partial charge is 0.356 e. The van der Waals surface area contributed by atoms with Crippen molar-refractivity contribution >= 4 is 0 Å². The van der Waals surface area contributed by atoms with E-state index in [1.54, 1.807) is 14.2 Å². The van der Waals surface area contributed by atoms with E-state index >= 15 is 0 Å². The SMILES string of the molecule is CCCC[C@H](CC)C(OC)OC. The van der Waals surface area contributed by atoms with Crippen molar-refractivity contribution in [2.45, 2.75) is 45.8 Å². The first-order chi connectivity index (χ1) is 5.79. The molecule has 0 amide bonds. The van der Waals surface area contributed by atoms with Gasteiger partial charge >= 0.3 is 0 Å². The number of hydrogen-bond acceptors (Lipinski definition) is 2. The molecular formula is C10H22O2. The van der Waals surface area contributed by atoms with Gasteiger partial charge in [0, 0.05) is 20.1 Å². The Labute approximate surface area is 76.3 Å². The third-order valence-electron chi connectivity index (χ3n) is 2.30. The second-order valence-electron chi connectivity index (χ2n) is 3.15. The first-order valence-electron chi connectivity index (χ1n) is 4.85. The molecule has 2 heteroatoms. The van der Waals surface area contributed by atoms with Crippen molar-refractivity contribution in [3.05, 3.63) is 0 Å². The average Bonchev–Trinajstić information content (AvgIpc) is 2.12. The van der Waals surface area contributed by atoms with Gasteiger partial charge in [-0.05, 0) is 12.8 Å². The third kappa shape index (κ3) is 4.07. The Morgan fingerprint density at radius 2 is 1.67 bits per heavy atom. The highest BCUT2D eigenvalue weighted by molar-refractivity contribution is 4.60. The lowest BCUT2D eigenvalue weighted by Crippen LogP contribution is -2.24. The molecule has 0 radical (unpaired) electrons. The van der Waals surface area contributed by atoms with Crippen LogP contribution in [0.1, 0.15) is 39.5 Å². The lowest BCUT2D eigenvalue weighted by molar-refractivity contribution is -0.139. The molecule has 0 aromatic carbocycles. The van der Waals surface area contributed by atoms with Crippen LogP contribution >= 0.6 is 0 Å². The molecule has 0 aliphatic rings. The van der Waals surface area contributed by atoms with Crippen molar-refractivity contribution in [3.8, 4) is 0 Å². The summed E-state index contributed by atoms with van der Waals surface area (Å²) >= 11 is 0. The lowest BCUT2D eigenvalue weighted by atomic mass is 9.99. The molecule has 0 unspecified atom stereocenters. The predicted molar refractivity (Wildman–Crippen MR) is 51.1 cm³/mol. The number of hydrogen-bond donors (Lipinski definition) is 0. The Balaban J connectivity index is 3.75. The van der Waals surface area contributed by atoms with Gasteiger partial charge in [0.15, 0.2) is 6.29 Å². The molecule has 12 heavy (non-hydrogen) atoms. The second-order valence-corrected chi connectivity index (χ2v) is 3.15. The Bertz CT molecular complexity index is 89.8. The van der Waals surface area contributed by atoms with E-state index in [2.05, 4.69) is 13.8 Å². The standard InChI is InChI=1S/C10H22O2/c1-5-7-8-9(6-2)10(11-3)12-4/h9-10H,5-8H2,1-4H3/t9-/m0/s1. The maximum atomic E-state index is 5.23. The maximum Gasteiger partial charge on any atom is 0.159 e. The summed E-state index contributed by atoms with van der Waals surface area (Å²) in [6.45, 7) is 4.40. The summed E-state index contributed by atoms with van der Waals surface area (Å²) in [4.78, 5) is 0. The summed E-state index contributed by atoms with van der Waals surface area (Å²) in [5.74, 6) is 0.556. The number of ether oxygens (including phenoxy) is 2. The minimum absolute atomic E-state index is 0.0125. The minimum atomic E-state index is -0.0125. The summed E-state index contributed by atoms with van der Waals surface area (Å²) in [7, 11) is 3.42. The predicted octanol–water partition coefficient (Wildman–Crippen LogP) is 2.82. The molecular weight excluding hydrogens is 152 g/mol. The van der Waals surface area contributed by atoms with Crippen LogP contribution < -0.4 is 0 Å². The monoisotopic (exact) mass is 174 g/mol. The van der Waals surface area contributed by atoms with Crippen LogP contribution in [0, 0.1) is 5.92 Å². The molecule has 2 nitrogen and oxygen atoms in total. The topological polar surface area (TPSA) is 18.5 Å². The van der Waals surface area contributed by atoms with Crippen molar-refractivity contribution < 1.29 is 9.47 Å². The highest BCUT2D eigenvalue weighted by Crippen LogP contribution is 2.19. The van der Waals surface area contributed by atoms with Crippen molar-refractivity contribution in [2.75, 3.05) is 14.2 Å². The molecule has 0 saturated heterocycles. The van der Waals surface area contributed by atoms with Crippen LogP contribution in [0.5, 0.6) is 0 Å². The molecule has 0 aromatic rings. The molecule has 0 spiro atoms. The zero-order valence-corrected chi connectivity index (χ0v) is 8.80. The summed E-state index contributed by atoms with van der Waals surface area (Å²) < 4.78 is 10.5. The fourth-order valence-corrected chi connectivity index (χ4v) is 1.48. The van der Waals surface area contributed by atoms with Crippen LogP contribution in [-0.4, -0.2) is 20.5 Å². The molecule has 0 fully saturated rings. The first-order valence-corrected chi connectivity index (χ1v) is 4.85. The number of rotatable bonds is 7. The Morgan fingerprint density at radius 1 is 1.08 bits per heavy atom. The summed E-state index contributed by atoms with van der Waals surface area (Å²) in [6.07, 6.45) is 4.84. The Kier molecular flexibility index (Phi) is 7.51. The van der Waals surface area contributed by atoms with Crippen molar-refractivity contribution in [1.82, 2.24) is 0 Å². The Morgan fingerprint density at radius 3 is 2.00 bits per heavy atom. The third-order valence-corrected chi connectivity index (χ3v) is 2.30. The minimum Gasteiger partial charge on any atom is -0.356 e. The maximum absolute atomic E-state index is 5.23. The molecule has 0 N–H and O–H groups in total. The molecule has 0 saturated carbocycles. The van der Waals surface area contributed by atoms with E-state index in [1.807, 2.05) is 0 Å². The van der Waals surface area contributed by atoms with Crippen LogP contribution in [0.25, 0.3) is 0 Å². The second kappa shape index (κ2) is 7.56. The van der Waals surface area contributed by atoms with E-state index in [-0.39, 0.29) is 6.29 Å². The van der Waals surface area contributed by atoms with Gasteiger partial charge in [-0.15, -0.1) is 0 Å². The van der Waals surface area contributed by atoms with Gasteiger partial charge in [0.1, 0.15) is 0 Å². The fraction of sp³-hybridized carbons (Fsp3) is 1.00. The Hall–Kier alpha value is -0.0800. The van der Waals surface area contributed by atoms with Gasteiger partial charge in [-0.2, -0.15) is 0 Å². The van der Waals surface area contributed by atoms with Crippen molar-refractivity contribution in [2.24, 2.45) is 5.92 Å². The van der Waals surface area contributed by atoms with Gasteiger partial charge in [-0.1, -0.05) is 26.7 Å². The first kappa shape index (κ1) is 11.9. The van der Waals surface area contributed by atoms with Crippen molar-refractivity contribution in [3.63, 3.8) is 0 Å². The number of methoxy groups -OCH3 is 2. The zero-order chi connectivity index (χ0) is 9.40. The highest BCUT2D eigenvalue weighted by Gasteiger charge is 2.17. The summed E-state index contributed by atoms with van der Waals surface area (Å²) in [5, 5.41) is 0. The fourth-order valence-electron chi connectivity index (χ4n) is 1.48. The van der Waals surface area contributed by atoms with Gasteiger partial charge in [-0.3, -0.25) is 0 Å². The van der Waals surface area contributed by atoms with E-state index in [0.29, 0.717) is 5.92 Å². The molecule has 0 aliphatic heterocycles. The van der Waals surface area contributed by atoms with Gasteiger partial charge in [0.2, 0.25) is 0 Å². The van der Waals surface area contributed by atoms with Crippen molar-refractivity contribution in [1.29, 1.82) is 0 Å². The molecule has 0 bridgehead atoms. The summed E-state index contributed by atoms with van der Waals surface area (Å²) in [6, 6.07) is 0. The summed E-state index contributed by atoms with van der Waals surface area (Å²) in [5.41, 5.74) is 0. The molecule has 0 heterocycles. The smallest absolute Gasteiger partial charge is 0.159 e. The van der Waals surface area contributed by atoms with E-state index in [0.717, 1.165) is 6.42 Å². The van der Waals surface area contributed by atoms with E-state index in [1.165, 1.54) is 19.3 Å². The average molecular weight is 174 g/mol. The quantitative estimate of drug-likeness (QED) is 0.552. The molecule has 0 aliphatic carbocycles. The normalized spacial score (nSPS) is 13.8. The van der Waals surface area contributed by atoms with Crippen LogP contribution in [0.2, 0.25) is 0 Å². The zero-order valence-electron chi connectivity index (χ0n) is 8.80. The molecule has 0 aromatic heterocycles. The van der Waals surface area contributed by atoms with Crippen LogP contribution in [0.3, 0.4) is 0 Å². The van der Waals surface area contributed by atoms with Gasteiger partial charge < -0.3 is 9.47 Å².